The highest BCUT2D eigenvalue weighted by Gasteiger charge is 2.36. The summed E-state index contributed by atoms with van der Waals surface area (Å²) in [4.78, 5) is 11.9. The van der Waals surface area contributed by atoms with Gasteiger partial charge in [0.25, 0.3) is 0 Å². The maximum Gasteiger partial charge on any atom is 0.145 e. The summed E-state index contributed by atoms with van der Waals surface area (Å²) in [6.45, 7) is 3.19. The van der Waals surface area contributed by atoms with Crippen molar-refractivity contribution < 1.29 is 9.50 Å². The van der Waals surface area contributed by atoms with Crippen LogP contribution in [-0.4, -0.2) is 56.4 Å². The quantitative estimate of drug-likeness (QED) is 0.615. The molecule has 3 heterocycles. The fraction of sp³-hybridized carbons (Fsp3) is 0.304. The Kier molecular flexibility index (Phi) is 4.75. The number of nitrogens with zero attached hydrogens (tertiary/aromatic N) is 3. The van der Waals surface area contributed by atoms with Gasteiger partial charge in [0, 0.05) is 25.7 Å². The van der Waals surface area contributed by atoms with E-state index in [1.54, 1.807) is 6.07 Å². The minimum Gasteiger partial charge on any atom is -0.510 e. The van der Waals surface area contributed by atoms with E-state index in [1.807, 2.05) is 11.0 Å². The number of benzene rings is 2. The van der Waals surface area contributed by atoms with Crippen molar-refractivity contribution in [3.8, 4) is 0 Å². The number of likely N-dealkylation sites (tertiary alicyclic amines) is 1. The van der Waals surface area contributed by atoms with Crippen molar-refractivity contribution in [2.24, 2.45) is 0 Å². The van der Waals surface area contributed by atoms with Crippen LogP contribution in [0.2, 0.25) is 0 Å². The maximum atomic E-state index is 13.5. The zero-order valence-corrected chi connectivity index (χ0v) is 16.6. The largest absolute Gasteiger partial charge is 0.510 e. The molecule has 2 aliphatic heterocycles. The first-order chi connectivity index (χ1) is 14.6. The molecular formula is C23H24FN5O. The number of fused-ring (bicyclic) bond motifs is 1. The van der Waals surface area contributed by atoms with Crippen molar-refractivity contribution in [1.29, 1.82) is 5.41 Å². The van der Waals surface area contributed by atoms with Gasteiger partial charge in [-0.25, -0.2) is 9.37 Å². The van der Waals surface area contributed by atoms with E-state index in [0.717, 1.165) is 32.5 Å². The Balaban J connectivity index is 1.27. The van der Waals surface area contributed by atoms with Gasteiger partial charge in [-0.05, 0) is 36.6 Å². The van der Waals surface area contributed by atoms with Crippen molar-refractivity contribution in [2.75, 3.05) is 19.6 Å². The normalized spacial score (nSPS) is 18.7. The Bertz CT molecular complexity index is 1120. The molecule has 2 aromatic carbocycles. The van der Waals surface area contributed by atoms with Gasteiger partial charge in [-0.3, -0.25) is 10.3 Å². The standard InChI is InChI=1S/C23H24FN5O/c24-16-6-7-18-19(12-16)27-23(26-18)21-20(30)14-29(22(21)25)17-8-10-28(11-9-17)13-15-4-2-1-3-5-15/h1-7,12,17,25,30H,8-11,13-14H2,(H,26,27). The highest BCUT2D eigenvalue weighted by atomic mass is 19.1. The predicted octanol–water partition coefficient (Wildman–Crippen LogP) is 3.93. The van der Waals surface area contributed by atoms with E-state index in [9.17, 15) is 9.50 Å². The summed E-state index contributed by atoms with van der Waals surface area (Å²) in [5.41, 5.74) is 2.91. The number of piperidine rings is 1. The van der Waals surface area contributed by atoms with Crippen molar-refractivity contribution in [1.82, 2.24) is 19.8 Å². The van der Waals surface area contributed by atoms with Crippen LogP contribution in [0.3, 0.4) is 0 Å². The van der Waals surface area contributed by atoms with Gasteiger partial charge in [0.2, 0.25) is 0 Å². The molecule has 1 saturated heterocycles. The number of rotatable bonds is 4. The first kappa shape index (κ1) is 18.8. The Hall–Kier alpha value is -3.19. The summed E-state index contributed by atoms with van der Waals surface area (Å²) in [7, 11) is 0. The van der Waals surface area contributed by atoms with Crippen molar-refractivity contribution in [3.63, 3.8) is 0 Å². The second-order valence-electron chi connectivity index (χ2n) is 8.04. The zero-order valence-electron chi connectivity index (χ0n) is 16.6. The summed E-state index contributed by atoms with van der Waals surface area (Å²) in [6, 6.07) is 15.0. The number of imidazole rings is 1. The Morgan fingerprint density at radius 3 is 2.67 bits per heavy atom. The van der Waals surface area contributed by atoms with Gasteiger partial charge in [-0.15, -0.1) is 0 Å². The average Bonchev–Trinajstić information content (AvgIpc) is 3.28. The van der Waals surface area contributed by atoms with Gasteiger partial charge >= 0.3 is 0 Å². The minimum absolute atomic E-state index is 0.145. The molecule has 1 aromatic heterocycles. The monoisotopic (exact) mass is 405 g/mol. The van der Waals surface area contributed by atoms with Crippen LogP contribution in [0, 0.1) is 11.2 Å². The number of aliphatic hydroxyl groups is 1. The molecule has 0 spiro atoms. The van der Waals surface area contributed by atoms with E-state index in [0.29, 0.717) is 29.0 Å². The molecule has 3 N–H and O–H groups in total. The van der Waals surface area contributed by atoms with Crippen LogP contribution in [0.5, 0.6) is 0 Å². The molecule has 30 heavy (non-hydrogen) atoms. The molecule has 2 aliphatic rings. The third kappa shape index (κ3) is 3.45. The van der Waals surface area contributed by atoms with E-state index >= 15 is 0 Å². The topological polar surface area (TPSA) is 79.2 Å². The third-order valence-electron chi connectivity index (χ3n) is 6.06. The molecule has 154 valence electrons. The third-order valence-corrected chi connectivity index (χ3v) is 6.06. The van der Waals surface area contributed by atoms with Crippen molar-refractivity contribution in [2.45, 2.75) is 25.4 Å². The zero-order chi connectivity index (χ0) is 20.7. The number of aromatic amines is 1. The van der Waals surface area contributed by atoms with Gasteiger partial charge in [0.05, 0.1) is 23.2 Å². The van der Waals surface area contributed by atoms with E-state index in [1.165, 1.54) is 17.7 Å². The lowest BCUT2D eigenvalue weighted by molar-refractivity contribution is 0.149. The van der Waals surface area contributed by atoms with Crippen LogP contribution in [0.15, 0.2) is 54.3 Å². The molecule has 6 nitrogen and oxygen atoms in total. The molecule has 5 rings (SSSR count). The highest BCUT2D eigenvalue weighted by Crippen LogP contribution is 2.31. The summed E-state index contributed by atoms with van der Waals surface area (Å²) < 4.78 is 13.5. The van der Waals surface area contributed by atoms with E-state index in [4.69, 9.17) is 5.41 Å². The second-order valence-corrected chi connectivity index (χ2v) is 8.04. The lowest BCUT2D eigenvalue weighted by atomic mass is 10.0. The molecule has 0 amide bonds. The number of hydrogen-bond donors (Lipinski definition) is 3. The molecule has 7 heteroatoms. The van der Waals surface area contributed by atoms with Crippen LogP contribution in [0.4, 0.5) is 4.39 Å². The second kappa shape index (κ2) is 7.57. The SMILES string of the molecule is N=C1C(c2nc3ccc(F)cc3[nH]2)=C(O)CN1C1CCN(Cc2ccccc2)CC1. The Labute approximate surface area is 174 Å². The summed E-state index contributed by atoms with van der Waals surface area (Å²) in [5.74, 6) is 0.503. The summed E-state index contributed by atoms with van der Waals surface area (Å²) >= 11 is 0. The number of aliphatic hydroxyl groups excluding tert-OH is 1. The molecule has 0 saturated carbocycles. The number of aromatic nitrogens is 2. The predicted molar refractivity (Wildman–Crippen MR) is 115 cm³/mol. The number of halogens is 1. The van der Waals surface area contributed by atoms with Gasteiger partial charge < -0.3 is 15.0 Å². The number of amidine groups is 1. The molecule has 1 fully saturated rings. The average molecular weight is 405 g/mol. The lowest BCUT2D eigenvalue weighted by Gasteiger charge is -2.37. The molecule has 0 unspecified atom stereocenters. The summed E-state index contributed by atoms with van der Waals surface area (Å²) in [6.07, 6.45) is 1.89. The fourth-order valence-corrected chi connectivity index (χ4v) is 4.49. The maximum absolute atomic E-state index is 13.5. The van der Waals surface area contributed by atoms with Gasteiger partial charge in [0.1, 0.15) is 23.2 Å². The van der Waals surface area contributed by atoms with Crippen molar-refractivity contribution in [3.05, 3.63) is 71.5 Å². The van der Waals surface area contributed by atoms with Gasteiger partial charge in [0.15, 0.2) is 0 Å². The van der Waals surface area contributed by atoms with Crippen molar-refractivity contribution >= 4 is 22.4 Å². The van der Waals surface area contributed by atoms with Crippen LogP contribution < -0.4 is 0 Å². The van der Waals surface area contributed by atoms with E-state index < -0.39 is 0 Å². The van der Waals surface area contributed by atoms with E-state index in [-0.39, 0.29) is 23.5 Å². The fourth-order valence-electron chi connectivity index (χ4n) is 4.49. The first-order valence-corrected chi connectivity index (χ1v) is 10.3. The smallest absolute Gasteiger partial charge is 0.145 e. The molecule has 0 atom stereocenters. The van der Waals surface area contributed by atoms with Gasteiger partial charge in [-0.1, -0.05) is 30.3 Å². The Morgan fingerprint density at radius 1 is 1.13 bits per heavy atom. The Morgan fingerprint density at radius 2 is 1.90 bits per heavy atom. The van der Waals surface area contributed by atoms with Crippen LogP contribution in [-0.2, 0) is 6.54 Å². The molecule has 3 aromatic rings. The number of nitrogens with one attached hydrogen (secondary N) is 2. The minimum atomic E-state index is -0.346. The van der Waals surface area contributed by atoms with Gasteiger partial charge in [-0.2, -0.15) is 0 Å². The summed E-state index contributed by atoms with van der Waals surface area (Å²) in [5, 5.41) is 19.3. The molecule has 0 aliphatic carbocycles. The molecule has 0 bridgehead atoms. The van der Waals surface area contributed by atoms with Crippen LogP contribution in [0.1, 0.15) is 24.2 Å². The molecular weight excluding hydrogens is 381 g/mol. The highest BCUT2D eigenvalue weighted by molar-refractivity contribution is 6.23. The number of H-pyrrole nitrogens is 1. The number of hydrogen-bond acceptors (Lipinski definition) is 4. The van der Waals surface area contributed by atoms with E-state index in [2.05, 4.69) is 39.1 Å². The molecule has 0 radical (unpaired) electrons. The lowest BCUT2D eigenvalue weighted by Crippen LogP contribution is -2.45. The van der Waals surface area contributed by atoms with Crippen LogP contribution >= 0.6 is 0 Å². The van der Waals surface area contributed by atoms with Crippen LogP contribution in [0.25, 0.3) is 16.6 Å². The first-order valence-electron chi connectivity index (χ1n) is 10.3.